The van der Waals surface area contributed by atoms with Gasteiger partial charge in [-0.05, 0) is 13.8 Å². The topological polar surface area (TPSA) is 24.4 Å². The normalized spacial score (nSPS) is 9.11. The maximum absolute atomic E-state index is 3.44. The maximum Gasteiger partial charge on any atom is 0.0262 e. The Hall–Kier alpha value is -0.790. The van der Waals surface area contributed by atoms with Gasteiger partial charge in [0.1, 0.15) is 0 Å². The molecule has 0 aromatic heterocycles. The molecule has 9 heavy (non-hydrogen) atoms. The molecule has 0 saturated carbocycles. The van der Waals surface area contributed by atoms with Gasteiger partial charge < -0.3 is 0 Å². The van der Waals surface area contributed by atoms with Gasteiger partial charge in [0.05, 0.1) is 0 Å². The first-order chi connectivity index (χ1) is 4.31. The molecule has 0 aromatic rings. The van der Waals surface area contributed by atoms with Crippen LogP contribution >= 0.6 is 0 Å². The van der Waals surface area contributed by atoms with E-state index in [1.165, 1.54) is 0 Å². The minimum absolute atomic E-state index is 1.02. The maximum atomic E-state index is 3.44. The van der Waals surface area contributed by atoms with Crippen molar-refractivity contribution in [1.82, 2.24) is 5.43 Å². The molecule has 2 heteroatoms. The van der Waals surface area contributed by atoms with Gasteiger partial charge in [-0.25, -0.2) is 0 Å². The number of rotatable bonds is 2. The van der Waals surface area contributed by atoms with Gasteiger partial charge in [-0.2, -0.15) is 5.10 Å². The standard InChI is InChI=1S/C5H10N2.C2H6/c1-4-5(2)7-6-3;1-2/h4,7H,3H2,1-2H3;1-2H3/b5-4-;. The van der Waals surface area contributed by atoms with Gasteiger partial charge in [0.25, 0.3) is 0 Å². The summed E-state index contributed by atoms with van der Waals surface area (Å²) in [6.45, 7) is 11.1. The van der Waals surface area contributed by atoms with Crippen LogP contribution in [-0.4, -0.2) is 6.72 Å². The quantitative estimate of drug-likeness (QED) is 0.447. The summed E-state index contributed by atoms with van der Waals surface area (Å²) in [7, 11) is 0. The van der Waals surface area contributed by atoms with E-state index >= 15 is 0 Å². The first-order valence-corrected chi connectivity index (χ1v) is 3.16. The molecule has 0 rings (SSSR count). The van der Waals surface area contributed by atoms with Crippen molar-refractivity contribution in [3.8, 4) is 0 Å². The molecule has 0 aliphatic heterocycles. The predicted molar refractivity (Wildman–Crippen MR) is 43.5 cm³/mol. The van der Waals surface area contributed by atoms with E-state index in [-0.39, 0.29) is 0 Å². The highest BCUT2D eigenvalue weighted by Gasteiger charge is 1.73. The van der Waals surface area contributed by atoms with Crippen molar-refractivity contribution in [1.29, 1.82) is 0 Å². The smallest absolute Gasteiger partial charge is 0.0262 e. The summed E-state index contributed by atoms with van der Waals surface area (Å²) in [5.41, 5.74) is 3.69. The molecule has 0 bridgehead atoms. The van der Waals surface area contributed by atoms with E-state index in [1.54, 1.807) is 0 Å². The van der Waals surface area contributed by atoms with Gasteiger partial charge in [-0.3, -0.25) is 5.43 Å². The summed E-state index contributed by atoms with van der Waals surface area (Å²) in [5.74, 6) is 0. The van der Waals surface area contributed by atoms with Crippen molar-refractivity contribution < 1.29 is 0 Å². The van der Waals surface area contributed by atoms with E-state index < -0.39 is 0 Å². The molecule has 0 radical (unpaired) electrons. The Kier molecular flexibility index (Phi) is 12.6. The van der Waals surface area contributed by atoms with Gasteiger partial charge in [-0.15, -0.1) is 0 Å². The number of nitrogens with one attached hydrogen (secondary N) is 1. The molecular formula is C7H16N2. The lowest BCUT2D eigenvalue weighted by Crippen LogP contribution is -1.98. The van der Waals surface area contributed by atoms with E-state index in [4.69, 9.17) is 0 Å². The fourth-order valence-corrected chi connectivity index (χ4v) is 0.189. The lowest BCUT2D eigenvalue weighted by molar-refractivity contribution is 0.894. The Balaban J connectivity index is 0. The summed E-state index contributed by atoms with van der Waals surface area (Å²) in [4.78, 5) is 0. The monoisotopic (exact) mass is 128 g/mol. The molecule has 2 nitrogen and oxygen atoms in total. The van der Waals surface area contributed by atoms with Crippen molar-refractivity contribution in [2.75, 3.05) is 0 Å². The highest BCUT2D eigenvalue weighted by Crippen LogP contribution is 1.80. The first kappa shape index (κ1) is 11.1. The van der Waals surface area contributed by atoms with Gasteiger partial charge >= 0.3 is 0 Å². The summed E-state index contributed by atoms with van der Waals surface area (Å²) in [5, 5.41) is 3.44. The number of hydrazone groups is 1. The lowest BCUT2D eigenvalue weighted by Gasteiger charge is -1.92. The zero-order valence-corrected chi connectivity index (χ0v) is 6.73. The molecule has 0 aromatic carbocycles. The van der Waals surface area contributed by atoms with Crippen LogP contribution in [0.15, 0.2) is 16.9 Å². The van der Waals surface area contributed by atoms with Crippen molar-refractivity contribution in [2.45, 2.75) is 27.7 Å². The average Bonchev–Trinajstić information content (AvgIpc) is 1.93. The molecule has 0 unspecified atom stereocenters. The molecule has 0 fully saturated rings. The average molecular weight is 128 g/mol. The number of hydrogen-bond acceptors (Lipinski definition) is 2. The summed E-state index contributed by atoms with van der Waals surface area (Å²) >= 11 is 0. The molecule has 0 heterocycles. The Morgan fingerprint density at radius 3 is 2.11 bits per heavy atom. The van der Waals surface area contributed by atoms with Crippen molar-refractivity contribution >= 4 is 6.72 Å². The van der Waals surface area contributed by atoms with Crippen LogP contribution in [0.25, 0.3) is 0 Å². The van der Waals surface area contributed by atoms with Crippen molar-refractivity contribution in [3.63, 3.8) is 0 Å². The van der Waals surface area contributed by atoms with E-state index in [1.807, 2.05) is 33.8 Å². The number of hydrogen-bond donors (Lipinski definition) is 1. The van der Waals surface area contributed by atoms with Crippen molar-refractivity contribution in [2.24, 2.45) is 5.10 Å². The third kappa shape index (κ3) is 11.0. The van der Waals surface area contributed by atoms with Crippen LogP contribution in [0, 0.1) is 0 Å². The lowest BCUT2D eigenvalue weighted by atomic mass is 10.5. The molecule has 0 spiro atoms. The largest absolute Gasteiger partial charge is 0.284 e. The highest BCUT2D eigenvalue weighted by atomic mass is 15.3. The van der Waals surface area contributed by atoms with E-state index in [0.29, 0.717) is 0 Å². The van der Waals surface area contributed by atoms with Crippen LogP contribution in [0.5, 0.6) is 0 Å². The second kappa shape index (κ2) is 10.2. The van der Waals surface area contributed by atoms with E-state index in [9.17, 15) is 0 Å². The van der Waals surface area contributed by atoms with Crippen molar-refractivity contribution in [3.05, 3.63) is 11.8 Å². The van der Waals surface area contributed by atoms with Crippen LogP contribution in [0.3, 0.4) is 0 Å². The molecule has 0 aliphatic rings. The fraction of sp³-hybridized carbons (Fsp3) is 0.571. The second-order valence-corrected chi connectivity index (χ2v) is 1.24. The van der Waals surface area contributed by atoms with Crippen LogP contribution < -0.4 is 5.43 Å². The zero-order chi connectivity index (χ0) is 7.70. The van der Waals surface area contributed by atoms with Crippen LogP contribution in [0.2, 0.25) is 0 Å². The summed E-state index contributed by atoms with van der Waals surface area (Å²) in [6.07, 6.45) is 1.93. The van der Waals surface area contributed by atoms with Gasteiger partial charge in [-0.1, -0.05) is 19.9 Å². The van der Waals surface area contributed by atoms with Gasteiger partial charge in [0.2, 0.25) is 0 Å². The Morgan fingerprint density at radius 1 is 1.56 bits per heavy atom. The Morgan fingerprint density at radius 2 is 2.00 bits per heavy atom. The minimum atomic E-state index is 1.02. The third-order valence-electron chi connectivity index (χ3n) is 0.688. The molecule has 1 N–H and O–H groups in total. The Bertz CT molecular complexity index is 84.9. The third-order valence-corrected chi connectivity index (χ3v) is 0.688. The summed E-state index contributed by atoms with van der Waals surface area (Å²) in [6, 6.07) is 0. The van der Waals surface area contributed by atoms with Crippen LogP contribution in [0.1, 0.15) is 27.7 Å². The van der Waals surface area contributed by atoms with Crippen LogP contribution in [0.4, 0.5) is 0 Å². The summed E-state index contributed by atoms with van der Waals surface area (Å²) < 4.78 is 0. The minimum Gasteiger partial charge on any atom is -0.284 e. The van der Waals surface area contributed by atoms with Gasteiger partial charge in [0.15, 0.2) is 0 Å². The molecular weight excluding hydrogens is 112 g/mol. The van der Waals surface area contributed by atoms with E-state index in [2.05, 4.69) is 17.2 Å². The molecule has 0 aliphatic carbocycles. The fourth-order valence-electron chi connectivity index (χ4n) is 0.189. The molecule has 0 amide bonds. The van der Waals surface area contributed by atoms with E-state index in [0.717, 1.165) is 5.70 Å². The highest BCUT2D eigenvalue weighted by molar-refractivity contribution is 5.23. The zero-order valence-electron chi connectivity index (χ0n) is 6.73. The molecule has 0 saturated heterocycles. The second-order valence-electron chi connectivity index (χ2n) is 1.24. The number of allylic oxidation sites excluding steroid dienone is 2. The van der Waals surface area contributed by atoms with Crippen LogP contribution in [-0.2, 0) is 0 Å². The van der Waals surface area contributed by atoms with Gasteiger partial charge in [0, 0.05) is 12.4 Å². The first-order valence-electron chi connectivity index (χ1n) is 3.16. The Labute approximate surface area is 57.7 Å². The molecule has 54 valence electrons. The number of nitrogens with zero attached hydrogens (tertiary/aromatic N) is 1. The predicted octanol–water partition coefficient (Wildman–Crippen LogP) is 2.14. The SMILES string of the molecule is C=NN/C(C)=C\C.CC. The molecule has 0 atom stereocenters.